The minimum absolute atomic E-state index is 0.798. The lowest BCUT2D eigenvalue weighted by molar-refractivity contribution is 0.227. The molecular weight excluding hydrogens is 250 g/mol. The third-order valence-electron chi connectivity index (χ3n) is 5.04. The Kier molecular flexibility index (Phi) is 6.55. The zero-order valence-electron chi connectivity index (χ0n) is 13.2. The van der Waals surface area contributed by atoms with Crippen LogP contribution >= 0.6 is 11.8 Å². The molecule has 19 heavy (non-hydrogen) atoms. The number of rotatable bonds is 5. The fourth-order valence-electron chi connectivity index (χ4n) is 4.20. The molecule has 0 radical (unpaired) electrons. The average Bonchev–Trinajstić information content (AvgIpc) is 2.39. The lowest BCUT2D eigenvalue weighted by Gasteiger charge is -2.38. The summed E-state index contributed by atoms with van der Waals surface area (Å²) in [7, 11) is 0. The molecule has 0 aliphatic heterocycles. The fourth-order valence-corrected chi connectivity index (χ4v) is 5.14. The van der Waals surface area contributed by atoms with Crippen molar-refractivity contribution in [1.82, 2.24) is 5.32 Å². The van der Waals surface area contributed by atoms with E-state index in [2.05, 4.69) is 37.2 Å². The summed E-state index contributed by atoms with van der Waals surface area (Å²) >= 11 is 2.09. The second-order valence-corrected chi connectivity index (χ2v) is 8.27. The highest BCUT2D eigenvalue weighted by molar-refractivity contribution is 7.99. The molecule has 0 saturated heterocycles. The molecular formula is C17H33NS. The van der Waals surface area contributed by atoms with Crippen LogP contribution in [-0.2, 0) is 0 Å². The van der Waals surface area contributed by atoms with Crippen LogP contribution in [-0.4, -0.2) is 23.6 Å². The van der Waals surface area contributed by atoms with E-state index in [1.807, 2.05) is 0 Å². The molecule has 1 N–H and O–H groups in total. The third-order valence-corrected chi connectivity index (χ3v) is 6.21. The van der Waals surface area contributed by atoms with Crippen LogP contribution in [0.1, 0.15) is 71.6 Å². The van der Waals surface area contributed by atoms with E-state index in [1.54, 1.807) is 0 Å². The van der Waals surface area contributed by atoms with Gasteiger partial charge in [0.25, 0.3) is 0 Å². The lowest BCUT2D eigenvalue weighted by atomic mass is 9.80. The molecule has 2 aliphatic rings. The zero-order valence-corrected chi connectivity index (χ0v) is 14.0. The summed E-state index contributed by atoms with van der Waals surface area (Å²) in [5.41, 5.74) is 0. The minimum atomic E-state index is 0.798. The van der Waals surface area contributed by atoms with Gasteiger partial charge >= 0.3 is 0 Å². The van der Waals surface area contributed by atoms with Gasteiger partial charge in [-0.3, -0.25) is 0 Å². The van der Waals surface area contributed by atoms with E-state index in [-0.39, 0.29) is 0 Å². The third kappa shape index (κ3) is 4.97. The summed E-state index contributed by atoms with van der Waals surface area (Å²) in [5, 5.41) is 4.92. The van der Waals surface area contributed by atoms with E-state index < -0.39 is 0 Å². The Morgan fingerprint density at radius 2 is 1.84 bits per heavy atom. The monoisotopic (exact) mass is 283 g/mol. The molecule has 4 unspecified atom stereocenters. The van der Waals surface area contributed by atoms with Crippen LogP contribution in [0.25, 0.3) is 0 Å². The Hall–Kier alpha value is 0.310. The van der Waals surface area contributed by atoms with Gasteiger partial charge in [0.15, 0.2) is 0 Å². The molecule has 112 valence electrons. The Balaban J connectivity index is 1.80. The van der Waals surface area contributed by atoms with Crippen LogP contribution in [0.15, 0.2) is 0 Å². The molecule has 0 aromatic carbocycles. The fraction of sp³-hybridized carbons (Fsp3) is 1.00. The molecule has 2 heteroatoms. The molecule has 2 rings (SSSR count). The molecule has 4 atom stereocenters. The van der Waals surface area contributed by atoms with Gasteiger partial charge in [-0.15, -0.1) is 0 Å². The van der Waals surface area contributed by atoms with Gasteiger partial charge in [-0.2, -0.15) is 11.8 Å². The summed E-state index contributed by atoms with van der Waals surface area (Å²) in [4.78, 5) is 0. The first kappa shape index (κ1) is 15.7. The maximum Gasteiger partial charge on any atom is 0.0198 e. The van der Waals surface area contributed by atoms with Crippen molar-refractivity contribution < 1.29 is 0 Å². The Labute approximate surface area is 124 Å². The van der Waals surface area contributed by atoms with Crippen molar-refractivity contribution in [2.45, 2.75) is 89.0 Å². The van der Waals surface area contributed by atoms with Gasteiger partial charge in [0.1, 0.15) is 0 Å². The summed E-state index contributed by atoms with van der Waals surface area (Å²) in [5.74, 6) is 1.86. The number of hydrogen-bond donors (Lipinski definition) is 1. The number of thioether (sulfide) groups is 1. The molecule has 0 amide bonds. The predicted octanol–water partition coefficient (Wildman–Crippen LogP) is 4.86. The number of nitrogens with one attached hydrogen (secondary N) is 1. The summed E-state index contributed by atoms with van der Waals surface area (Å²) in [6, 6.07) is 1.61. The Morgan fingerprint density at radius 3 is 2.58 bits per heavy atom. The van der Waals surface area contributed by atoms with Gasteiger partial charge in [-0.1, -0.05) is 39.5 Å². The van der Waals surface area contributed by atoms with Gasteiger partial charge in [0.2, 0.25) is 0 Å². The molecule has 0 spiro atoms. The largest absolute Gasteiger partial charge is 0.310 e. The van der Waals surface area contributed by atoms with Crippen molar-refractivity contribution in [3.8, 4) is 0 Å². The Bertz CT molecular complexity index is 254. The van der Waals surface area contributed by atoms with E-state index in [9.17, 15) is 0 Å². The maximum absolute atomic E-state index is 4.04. The standard InChI is InChI=1S/C17H33NS/c1-13(2)11-14-7-6-8-15(12-14)18-16-9-4-5-10-17(16)19-3/h13-18H,4-12H2,1-3H3. The molecule has 0 aromatic heterocycles. The predicted molar refractivity (Wildman–Crippen MR) is 87.9 cm³/mol. The van der Waals surface area contributed by atoms with Crippen LogP contribution < -0.4 is 5.32 Å². The van der Waals surface area contributed by atoms with Crippen molar-refractivity contribution in [2.24, 2.45) is 11.8 Å². The van der Waals surface area contributed by atoms with Crippen LogP contribution in [0, 0.1) is 11.8 Å². The van der Waals surface area contributed by atoms with Crippen LogP contribution in [0.3, 0.4) is 0 Å². The van der Waals surface area contributed by atoms with Gasteiger partial charge in [0.05, 0.1) is 0 Å². The highest BCUT2D eigenvalue weighted by Gasteiger charge is 2.29. The summed E-state index contributed by atoms with van der Waals surface area (Å²) in [6.07, 6.45) is 15.3. The highest BCUT2D eigenvalue weighted by Crippen LogP contribution is 2.32. The van der Waals surface area contributed by atoms with Crippen LogP contribution in [0.5, 0.6) is 0 Å². The van der Waals surface area contributed by atoms with E-state index in [0.717, 1.165) is 29.2 Å². The first-order valence-electron chi connectivity index (χ1n) is 8.48. The van der Waals surface area contributed by atoms with Crippen molar-refractivity contribution >= 4 is 11.8 Å². The SMILES string of the molecule is CSC1CCCCC1NC1CCCC(CC(C)C)C1. The molecule has 0 bridgehead atoms. The summed E-state index contributed by atoms with van der Waals surface area (Å²) < 4.78 is 0. The van der Waals surface area contributed by atoms with Gasteiger partial charge in [0, 0.05) is 17.3 Å². The zero-order chi connectivity index (χ0) is 13.7. The van der Waals surface area contributed by atoms with Gasteiger partial charge in [-0.25, -0.2) is 0 Å². The second kappa shape index (κ2) is 7.93. The first-order chi connectivity index (χ1) is 9.19. The van der Waals surface area contributed by atoms with Gasteiger partial charge < -0.3 is 5.32 Å². The van der Waals surface area contributed by atoms with Crippen molar-refractivity contribution in [3.05, 3.63) is 0 Å². The molecule has 0 aromatic rings. The topological polar surface area (TPSA) is 12.0 Å². The smallest absolute Gasteiger partial charge is 0.0198 e. The second-order valence-electron chi connectivity index (χ2n) is 7.19. The molecule has 2 fully saturated rings. The molecule has 2 saturated carbocycles. The summed E-state index contributed by atoms with van der Waals surface area (Å²) in [6.45, 7) is 4.75. The number of hydrogen-bond acceptors (Lipinski definition) is 2. The molecule has 0 heterocycles. The molecule has 2 aliphatic carbocycles. The van der Waals surface area contributed by atoms with E-state index in [4.69, 9.17) is 0 Å². The Morgan fingerprint density at radius 1 is 1.05 bits per heavy atom. The maximum atomic E-state index is 4.04. The average molecular weight is 284 g/mol. The van der Waals surface area contributed by atoms with Crippen molar-refractivity contribution in [2.75, 3.05) is 6.26 Å². The van der Waals surface area contributed by atoms with Crippen LogP contribution in [0.4, 0.5) is 0 Å². The first-order valence-corrected chi connectivity index (χ1v) is 9.76. The highest BCUT2D eigenvalue weighted by atomic mass is 32.2. The van der Waals surface area contributed by atoms with E-state index in [0.29, 0.717) is 0 Å². The van der Waals surface area contributed by atoms with Crippen molar-refractivity contribution in [3.63, 3.8) is 0 Å². The molecule has 1 nitrogen and oxygen atoms in total. The van der Waals surface area contributed by atoms with Crippen molar-refractivity contribution in [1.29, 1.82) is 0 Å². The van der Waals surface area contributed by atoms with Crippen LogP contribution in [0.2, 0.25) is 0 Å². The minimum Gasteiger partial charge on any atom is -0.310 e. The normalized spacial score (nSPS) is 36.6. The lowest BCUT2D eigenvalue weighted by Crippen LogP contribution is -2.47. The van der Waals surface area contributed by atoms with E-state index >= 15 is 0 Å². The van der Waals surface area contributed by atoms with E-state index in [1.165, 1.54) is 57.8 Å². The quantitative estimate of drug-likeness (QED) is 0.773. The van der Waals surface area contributed by atoms with Gasteiger partial charge in [-0.05, 0) is 50.2 Å².